The summed E-state index contributed by atoms with van der Waals surface area (Å²) in [5, 5.41) is 23.9. The molecule has 0 atom stereocenters. The lowest BCUT2D eigenvalue weighted by molar-refractivity contribution is 0.0696. The fourth-order valence-electron chi connectivity index (χ4n) is 2.18. The van der Waals surface area contributed by atoms with Crippen LogP contribution in [0.2, 0.25) is 5.02 Å². The van der Waals surface area contributed by atoms with Gasteiger partial charge < -0.3 is 14.9 Å². The number of aromatic nitrogens is 3. The maximum Gasteiger partial charge on any atom is 0.337 e. The van der Waals surface area contributed by atoms with Crippen LogP contribution in [0.3, 0.4) is 0 Å². The van der Waals surface area contributed by atoms with E-state index in [-0.39, 0.29) is 11.4 Å². The first-order valence-corrected chi connectivity index (χ1v) is 7.19. The number of ether oxygens (including phenoxy) is 1. The maximum absolute atomic E-state index is 10.9. The Labute approximate surface area is 141 Å². The number of carboxylic acids is 1. The molecule has 0 saturated carbocycles. The zero-order chi connectivity index (χ0) is 17.3. The molecule has 8 heteroatoms. The largest absolute Gasteiger partial charge is 0.495 e. The average molecular weight is 346 g/mol. The molecule has 7 nitrogen and oxygen atoms in total. The minimum Gasteiger partial charge on any atom is -0.495 e. The number of nitrogens with zero attached hydrogens (tertiary/aromatic N) is 3. The van der Waals surface area contributed by atoms with Gasteiger partial charge in [0.25, 0.3) is 0 Å². The quantitative estimate of drug-likeness (QED) is 0.754. The van der Waals surface area contributed by atoms with Crippen LogP contribution in [0.25, 0.3) is 16.9 Å². The molecule has 122 valence electrons. The molecule has 2 heterocycles. The van der Waals surface area contributed by atoms with Crippen molar-refractivity contribution in [3.8, 4) is 28.6 Å². The van der Waals surface area contributed by atoms with Gasteiger partial charge in [0.05, 0.1) is 29.5 Å². The minimum atomic E-state index is -1.08. The molecule has 3 rings (SSSR count). The summed E-state index contributed by atoms with van der Waals surface area (Å²) in [7, 11) is 1.50. The summed E-state index contributed by atoms with van der Waals surface area (Å²) in [6.07, 6.45) is 2.68. The lowest BCUT2D eigenvalue weighted by Gasteiger charge is -2.06. The summed E-state index contributed by atoms with van der Waals surface area (Å²) < 4.78 is 6.38. The molecule has 0 spiro atoms. The Morgan fingerprint density at radius 1 is 1.25 bits per heavy atom. The van der Waals surface area contributed by atoms with Crippen LogP contribution in [0.15, 0.2) is 42.7 Å². The highest BCUT2D eigenvalue weighted by Crippen LogP contribution is 2.35. The first-order chi connectivity index (χ1) is 11.5. The van der Waals surface area contributed by atoms with E-state index in [0.29, 0.717) is 27.7 Å². The van der Waals surface area contributed by atoms with Crippen molar-refractivity contribution in [2.45, 2.75) is 0 Å². The summed E-state index contributed by atoms with van der Waals surface area (Å²) in [6, 6.07) is 7.92. The molecule has 0 aliphatic rings. The lowest BCUT2D eigenvalue weighted by Crippen LogP contribution is -2.02. The van der Waals surface area contributed by atoms with Crippen LogP contribution in [-0.4, -0.2) is 38.1 Å². The summed E-state index contributed by atoms with van der Waals surface area (Å²) in [6.45, 7) is 0. The molecule has 0 saturated heterocycles. The van der Waals surface area contributed by atoms with E-state index in [0.717, 1.165) is 0 Å². The van der Waals surface area contributed by atoms with Gasteiger partial charge in [-0.2, -0.15) is 9.78 Å². The van der Waals surface area contributed by atoms with Gasteiger partial charge in [0.2, 0.25) is 5.88 Å². The molecular weight excluding hydrogens is 334 g/mol. The van der Waals surface area contributed by atoms with Crippen molar-refractivity contribution in [2.75, 3.05) is 7.11 Å². The second-order valence-electron chi connectivity index (χ2n) is 4.85. The van der Waals surface area contributed by atoms with Gasteiger partial charge >= 0.3 is 5.97 Å². The molecule has 0 radical (unpaired) electrons. The van der Waals surface area contributed by atoms with Gasteiger partial charge in [-0.05, 0) is 29.8 Å². The van der Waals surface area contributed by atoms with Crippen LogP contribution in [0.1, 0.15) is 10.4 Å². The van der Waals surface area contributed by atoms with E-state index >= 15 is 0 Å². The Bertz CT molecular complexity index is 906. The summed E-state index contributed by atoms with van der Waals surface area (Å²) >= 11 is 6.00. The first-order valence-electron chi connectivity index (χ1n) is 6.82. The van der Waals surface area contributed by atoms with Crippen molar-refractivity contribution in [2.24, 2.45) is 0 Å². The number of rotatable bonds is 4. The Balaban J connectivity index is 2.01. The average Bonchev–Trinajstić information content (AvgIpc) is 2.97. The standard InChI is InChI=1S/C16H12ClN3O4/c1-24-13-6-9(2-4-12(13)17)11-8-19-20(15(11)21)14-5-3-10(7-18-14)16(22)23/h2-8,21H,1H3,(H,22,23). The third kappa shape index (κ3) is 2.77. The molecule has 2 aromatic heterocycles. The van der Waals surface area contributed by atoms with Crippen molar-refractivity contribution < 1.29 is 19.7 Å². The van der Waals surface area contributed by atoms with E-state index in [1.54, 1.807) is 18.2 Å². The Hall–Kier alpha value is -3.06. The van der Waals surface area contributed by atoms with Crippen LogP contribution < -0.4 is 4.74 Å². The molecule has 0 amide bonds. The van der Waals surface area contributed by atoms with Gasteiger partial charge in [0, 0.05) is 6.20 Å². The van der Waals surface area contributed by atoms with Gasteiger partial charge in [-0.1, -0.05) is 17.7 Å². The van der Waals surface area contributed by atoms with Crippen LogP contribution in [0, 0.1) is 0 Å². The molecule has 24 heavy (non-hydrogen) atoms. The minimum absolute atomic E-state index is 0.0491. The second kappa shape index (κ2) is 6.21. The van der Waals surface area contributed by atoms with Crippen molar-refractivity contribution in [1.29, 1.82) is 0 Å². The lowest BCUT2D eigenvalue weighted by atomic mass is 10.1. The number of carboxylic acid groups (broad SMARTS) is 1. The fraction of sp³-hybridized carbons (Fsp3) is 0.0625. The third-order valence-electron chi connectivity index (χ3n) is 3.42. The number of hydrogen-bond donors (Lipinski definition) is 2. The molecule has 0 aliphatic carbocycles. The maximum atomic E-state index is 10.9. The summed E-state index contributed by atoms with van der Waals surface area (Å²) in [5.74, 6) is -0.433. The zero-order valence-electron chi connectivity index (χ0n) is 12.5. The van der Waals surface area contributed by atoms with E-state index in [4.69, 9.17) is 21.4 Å². The first kappa shape index (κ1) is 15.8. The van der Waals surface area contributed by atoms with E-state index in [9.17, 15) is 9.90 Å². The van der Waals surface area contributed by atoms with Crippen molar-refractivity contribution in [3.05, 3.63) is 53.3 Å². The number of hydrogen-bond acceptors (Lipinski definition) is 5. The van der Waals surface area contributed by atoms with Gasteiger partial charge in [-0.15, -0.1) is 0 Å². The van der Waals surface area contributed by atoms with Gasteiger partial charge in [-0.25, -0.2) is 9.78 Å². The van der Waals surface area contributed by atoms with Crippen LogP contribution in [0.5, 0.6) is 11.6 Å². The summed E-state index contributed by atoms with van der Waals surface area (Å²) in [5.41, 5.74) is 1.18. The highest BCUT2D eigenvalue weighted by Gasteiger charge is 2.15. The van der Waals surface area contributed by atoms with Gasteiger partial charge in [0.1, 0.15) is 5.75 Å². The predicted octanol–water partition coefficient (Wildman–Crippen LogP) is 3.00. The number of aromatic carboxylic acids is 1. The van der Waals surface area contributed by atoms with E-state index in [2.05, 4.69) is 10.1 Å². The van der Waals surface area contributed by atoms with E-state index < -0.39 is 5.97 Å². The van der Waals surface area contributed by atoms with Crippen molar-refractivity contribution in [1.82, 2.24) is 14.8 Å². The van der Waals surface area contributed by atoms with E-state index in [1.165, 1.54) is 36.3 Å². The highest BCUT2D eigenvalue weighted by molar-refractivity contribution is 6.32. The number of methoxy groups -OCH3 is 1. The third-order valence-corrected chi connectivity index (χ3v) is 3.73. The number of pyridine rings is 1. The number of halogens is 1. The molecule has 3 aromatic rings. The molecule has 0 bridgehead atoms. The molecule has 0 fully saturated rings. The van der Waals surface area contributed by atoms with Gasteiger partial charge in [0.15, 0.2) is 5.82 Å². The molecule has 0 aliphatic heterocycles. The van der Waals surface area contributed by atoms with Crippen molar-refractivity contribution >= 4 is 17.6 Å². The zero-order valence-corrected chi connectivity index (χ0v) is 13.2. The van der Waals surface area contributed by atoms with E-state index in [1.807, 2.05) is 0 Å². The van der Waals surface area contributed by atoms with Crippen molar-refractivity contribution in [3.63, 3.8) is 0 Å². The smallest absolute Gasteiger partial charge is 0.337 e. The number of benzene rings is 1. The predicted molar refractivity (Wildman–Crippen MR) is 87.0 cm³/mol. The van der Waals surface area contributed by atoms with Crippen LogP contribution >= 0.6 is 11.6 Å². The Kier molecular flexibility index (Phi) is 4.09. The normalized spacial score (nSPS) is 10.6. The molecular formula is C16H12ClN3O4. The molecule has 0 unspecified atom stereocenters. The second-order valence-corrected chi connectivity index (χ2v) is 5.26. The number of aromatic hydroxyl groups is 1. The van der Waals surface area contributed by atoms with Crippen LogP contribution in [-0.2, 0) is 0 Å². The monoisotopic (exact) mass is 345 g/mol. The molecule has 2 N–H and O–H groups in total. The summed E-state index contributed by atoms with van der Waals surface area (Å²) in [4.78, 5) is 14.9. The SMILES string of the molecule is COc1cc(-c2cnn(-c3ccc(C(=O)O)cn3)c2O)ccc1Cl. The Morgan fingerprint density at radius 2 is 2.04 bits per heavy atom. The topological polar surface area (TPSA) is 97.5 Å². The fourth-order valence-corrected chi connectivity index (χ4v) is 2.37. The van der Waals surface area contributed by atoms with Gasteiger partial charge in [-0.3, -0.25) is 0 Å². The number of carbonyl (C=O) groups is 1. The van der Waals surface area contributed by atoms with Crippen LogP contribution in [0.4, 0.5) is 0 Å². The Morgan fingerprint density at radius 3 is 2.67 bits per heavy atom. The molecule has 1 aromatic carbocycles. The highest BCUT2D eigenvalue weighted by atomic mass is 35.5.